The molecule has 5 nitrogen and oxygen atoms in total. The molecule has 0 radical (unpaired) electrons. The average Bonchev–Trinajstić information content (AvgIpc) is 2.30. The summed E-state index contributed by atoms with van der Waals surface area (Å²) in [7, 11) is 0. The van der Waals surface area contributed by atoms with Crippen LogP contribution in [0.3, 0.4) is 0 Å². The first-order valence-electron chi connectivity index (χ1n) is 6.08. The highest BCUT2D eigenvalue weighted by molar-refractivity contribution is 5.94. The summed E-state index contributed by atoms with van der Waals surface area (Å²) in [5, 5.41) is 9.47. The van der Waals surface area contributed by atoms with Crippen LogP contribution in [0.1, 0.15) is 26.7 Å². The summed E-state index contributed by atoms with van der Waals surface area (Å²) in [5.74, 6) is -0.279. The second-order valence-electron chi connectivity index (χ2n) is 4.28. The van der Waals surface area contributed by atoms with Crippen molar-refractivity contribution in [2.45, 2.75) is 32.8 Å². The lowest BCUT2D eigenvalue weighted by Gasteiger charge is -2.13. The molecule has 19 heavy (non-hydrogen) atoms. The second kappa shape index (κ2) is 7.41. The van der Waals surface area contributed by atoms with Crippen molar-refractivity contribution in [1.29, 1.82) is 0 Å². The third-order valence-electron chi connectivity index (χ3n) is 2.37. The highest BCUT2D eigenvalue weighted by Crippen LogP contribution is 2.24. The zero-order valence-corrected chi connectivity index (χ0v) is 11.1. The number of para-hydroxylation sites is 2. The minimum Gasteiger partial charge on any atom is -0.504 e. The summed E-state index contributed by atoms with van der Waals surface area (Å²) in [6.45, 7) is 3.38. The van der Waals surface area contributed by atoms with Crippen molar-refractivity contribution in [3.05, 3.63) is 24.3 Å². The number of Topliss-reactive ketones (excluding diaryl/α,β-unsaturated/α-hetero) is 1. The fourth-order valence-corrected chi connectivity index (χ4v) is 1.44. The highest BCUT2D eigenvalue weighted by atomic mass is 16.5. The van der Waals surface area contributed by atoms with Gasteiger partial charge in [-0.1, -0.05) is 12.1 Å². The number of phenols is 1. The minimum absolute atomic E-state index is 0.0729. The van der Waals surface area contributed by atoms with Crippen LogP contribution in [0, 0.1) is 0 Å². The van der Waals surface area contributed by atoms with E-state index in [1.807, 2.05) is 0 Å². The predicted molar refractivity (Wildman–Crippen MR) is 69.1 cm³/mol. The largest absolute Gasteiger partial charge is 0.504 e. The molecule has 0 bridgehead atoms. The molecule has 0 aliphatic rings. The molecular weight excluding hydrogens is 248 g/mol. The molecule has 1 aromatic carbocycles. The topological polar surface area (TPSA) is 72.8 Å². The Hall–Kier alpha value is -2.04. The average molecular weight is 266 g/mol. The molecule has 1 N–H and O–H groups in total. The van der Waals surface area contributed by atoms with Gasteiger partial charge >= 0.3 is 5.97 Å². The van der Waals surface area contributed by atoms with Crippen molar-refractivity contribution in [2.24, 2.45) is 0 Å². The Morgan fingerprint density at radius 2 is 2.00 bits per heavy atom. The van der Waals surface area contributed by atoms with Crippen molar-refractivity contribution in [2.75, 3.05) is 6.61 Å². The smallest absolute Gasteiger partial charge is 0.313 e. The van der Waals surface area contributed by atoms with Crippen molar-refractivity contribution in [3.8, 4) is 11.5 Å². The zero-order valence-electron chi connectivity index (χ0n) is 11.1. The standard InChI is InChI=1S/C14H18O5/c1-10(15)9-14(17)19-11(2)7-8-18-13-6-4-3-5-12(13)16/h3-6,11,16H,7-9H2,1-2H3. The number of aromatic hydroxyl groups is 1. The lowest BCUT2D eigenvalue weighted by atomic mass is 10.3. The molecule has 0 spiro atoms. The number of carbonyl (C=O) groups excluding carboxylic acids is 2. The van der Waals surface area contributed by atoms with Gasteiger partial charge in [-0.15, -0.1) is 0 Å². The zero-order chi connectivity index (χ0) is 14.3. The minimum atomic E-state index is -0.525. The molecule has 0 fully saturated rings. The van der Waals surface area contributed by atoms with Crippen LogP contribution < -0.4 is 4.74 Å². The van der Waals surface area contributed by atoms with Gasteiger partial charge in [0.2, 0.25) is 0 Å². The normalized spacial score (nSPS) is 11.7. The molecule has 0 aromatic heterocycles. The van der Waals surface area contributed by atoms with Gasteiger partial charge in [0.25, 0.3) is 0 Å². The van der Waals surface area contributed by atoms with Crippen LogP contribution in [0.25, 0.3) is 0 Å². The first-order chi connectivity index (χ1) is 8.99. The lowest BCUT2D eigenvalue weighted by molar-refractivity contribution is -0.150. The number of benzene rings is 1. The van der Waals surface area contributed by atoms with Crippen molar-refractivity contribution >= 4 is 11.8 Å². The van der Waals surface area contributed by atoms with Crippen LogP contribution in [-0.2, 0) is 14.3 Å². The monoisotopic (exact) mass is 266 g/mol. The number of carbonyl (C=O) groups is 2. The van der Waals surface area contributed by atoms with Crippen LogP contribution in [-0.4, -0.2) is 29.6 Å². The fraction of sp³-hybridized carbons (Fsp3) is 0.429. The Balaban J connectivity index is 2.27. The maximum Gasteiger partial charge on any atom is 0.313 e. The van der Waals surface area contributed by atoms with E-state index in [1.54, 1.807) is 25.1 Å². The van der Waals surface area contributed by atoms with E-state index in [-0.39, 0.29) is 24.1 Å². The number of rotatable bonds is 7. The number of ketones is 1. The molecule has 0 amide bonds. The SMILES string of the molecule is CC(=O)CC(=O)OC(C)CCOc1ccccc1O. The predicted octanol–water partition coefficient (Wildman–Crippen LogP) is 2.07. The highest BCUT2D eigenvalue weighted by Gasteiger charge is 2.12. The van der Waals surface area contributed by atoms with Gasteiger partial charge in [0.05, 0.1) is 6.61 Å². The van der Waals surface area contributed by atoms with Gasteiger partial charge in [-0.3, -0.25) is 9.59 Å². The van der Waals surface area contributed by atoms with Gasteiger partial charge < -0.3 is 14.6 Å². The third kappa shape index (κ3) is 5.90. The van der Waals surface area contributed by atoms with Crippen LogP contribution in [0.4, 0.5) is 0 Å². The van der Waals surface area contributed by atoms with Gasteiger partial charge in [0.1, 0.15) is 18.3 Å². The van der Waals surface area contributed by atoms with E-state index in [0.717, 1.165) is 0 Å². The molecule has 0 heterocycles. The Morgan fingerprint density at radius 1 is 1.32 bits per heavy atom. The maximum absolute atomic E-state index is 11.2. The van der Waals surface area contributed by atoms with Gasteiger partial charge in [0.15, 0.2) is 11.5 Å². The summed E-state index contributed by atoms with van der Waals surface area (Å²) >= 11 is 0. The van der Waals surface area contributed by atoms with E-state index in [4.69, 9.17) is 9.47 Å². The molecule has 1 rings (SSSR count). The summed E-state index contributed by atoms with van der Waals surface area (Å²) in [5.41, 5.74) is 0. The second-order valence-corrected chi connectivity index (χ2v) is 4.28. The molecule has 0 aliphatic heterocycles. The molecule has 0 aliphatic carbocycles. The van der Waals surface area contributed by atoms with Gasteiger partial charge in [0, 0.05) is 6.42 Å². The van der Waals surface area contributed by atoms with E-state index in [9.17, 15) is 14.7 Å². The maximum atomic E-state index is 11.2. The van der Waals surface area contributed by atoms with Crippen molar-refractivity contribution < 1.29 is 24.2 Å². The number of phenolic OH excluding ortho intramolecular Hbond substituents is 1. The van der Waals surface area contributed by atoms with E-state index in [0.29, 0.717) is 18.8 Å². The quantitative estimate of drug-likeness (QED) is 0.604. The molecule has 104 valence electrons. The molecular formula is C14H18O5. The summed E-state index contributed by atoms with van der Waals surface area (Å²) < 4.78 is 10.4. The first-order valence-corrected chi connectivity index (χ1v) is 6.08. The van der Waals surface area contributed by atoms with E-state index in [1.165, 1.54) is 13.0 Å². The summed E-state index contributed by atoms with van der Waals surface area (Å²) in [4.78, 5) is 21.9. The molecule has 1 unspecified atom stereocenters. The molecule has 5 heteroatoms. The fourth-order valence-electron chi connectivity index (χ4n) is 1.44. The Morgan fingerprint density at radius 3 is 2.63 bits per heavy atom. The summed E-state index contributed by atoms with van der Waals surface area (Å²) in [6, 6.07) is 6.65. The number of ether oxygens (including phenoxy) is 2. The van der Waals surface area contributed by atoms with E-state index >= 15 is 0 Å². The molecule has 1 aromatic rings. The van der Waals surface area contributed by atoms with Gasteiger partial charge in [-0.25, -0.2) is 0 Å². The Labute approximate surface area is 112 Å². The van der Waals surface area contributed by atoms with E-state index < -0.39 is 5.97 Å². The van der Waals surface area contributed by atoms with Crippen LogP contribution in [0.5, 0.6) is 11.5 Å². The summed E-state index contributed by atoms with van der Waals surface area (Å²) in [6.07, 6.45) is -0.0551. The van der Waals surface area contributed by atoms with E-state index in [2.05, 4.69) is 0 Å². The third-order valence-corrected chi connectivity index (χ3v) is 2.37. The molecule has 0 saturated carbocycles. The van der Waals surface area contributed by atoms with Crippen molar-refractivity contribution in [1.82, 2.24) is 0 Å². The first kappa shape index (κ1) is 15.0. The van der Waals surface area contributed by atoms with Crippen LogP contribution >= 0.6 is 0 Å². The van der Waals surface area contributed by atoms with Gasteiger partial charge in [-0.2, -0.15) is 0 Å². The lowest BCUT2D eigenvalue weighted by Crippen LogP contribution is -2.19. The molecule has 1 atom stereocenters. The number of esters is 1. The molecule has 0 saturated heterocycles. The number of hydrogen-bond acceptors (Lipinski definition) is 5. The Kier molecular flexibility index (Phi) is 5.85. The number of hydrogen-bond donors (Lipinski definition) is 1. The Bertz CT molecular complexity index is 441. The van der Waals surface area contributed by atoms with Crippen LogP contribution in [0.2, 0.25) is 0 Å². The van der Waals surface area contributed by atoms with Crippen molar-refractivity contribution in [3.63, 3.8) is 0 Å². The van der Waals surface area contributed by atoms with Crippen LogP contribution in [0.15, 0.2) is 24.3 Å². The van der Waals surface area contributed by atoms with Gasteiger partial charge in [-0.05, 0) is 26.0 Å².